The lowest BCUT2D eigenvalue weighted by molar-refractivity contribution is -0.116. The molecule has 0 aromatic heterocycles. The van der Waals surface area contributed by atoms with E-state index in [2.05, 4.69) is 0 Å². The standard InChI is InChI=1S/C5H7NO2/c1-3-5(6)4(7)2-8-3/h2,6H2,1H3. The Balaban J connectivity index is 2.86. The van der Waals surface area contributed by atoms with Crippen LogP contribution in [0.4, 0.5) is 0 Å². The summed E-state index contributed by atoms with van der Waals surface area (Å²) in [5, 5.41) is 0. The van der Waals surface area contributed by atoms with Crippen molar-refractivity contribution in [3.05, 3.63) is 11.5 Å². The van der Waals surface area contributed by atoms with Crippen molar-refractivity contribution in [3.63, 3.8) is 0 Å². The van der Waals surface area contributed by atoms with Crippen LogP contribution in [-0.2, 0) is 9.53 Å². The first-order valence-electron chi connectivity index (χ1n) is 2.34. The number of Topliss-reactive ketones (excluding diaryl/α,β-unsaturated/α-hetero) is 1. The van der Waals surface area contributed by atoms with Crippen LogP contribution < -0.4 is 5.73 Å². The van der Waals surface area contributed by atoms with Crippen molar-refractivity contribution in [2.45, 2.75) is 6.92 Å². The van der Waals surface area contributed by atoms with Crippen LogP contribution >= 0.6 is 0 Å². The largest absolute Gasteiger partial charge is 0.488 e. The number of hydrogen-bond donors (Lipinski definition) is 1. The van der Waals surface area contributed by atoms with E-state index in [9.17, 15) is 4.79 Å². The Hall–Kier alpha value is -0.990. The predicted octanol–water partition coefficient (Wildman–Crippen LogP) is -0.224. The fourth-order valence-electron chi connectivity index (χ4n) is 0.526. The maximum atomic E-state index is 10.5. The van der Waals surface area contributed by atoms with E-state index in [1.165, 1.54) is 0 Å². The second-order valence-corrected chi connectivity index (χ2v) is 1.68. The van der Waals surface area contributed by atoms with Crippen LogP contribution in [0.25, 0.3) is 0 Å². The molecule has 3 nitrogen and oxygen atoms in total. The zero-order valence-corrected chi connectivity index (χ0v) is 4.60. The molecular formula is C5H7NO2. The van der Waals surface area contributed by atoms with Crippen molar-refractivity contribution >= 4 is 5.78 Å². The van der Waals surface area contributed by atoms with Gasteiger partial charge in [-0.15, -0.1) is 0 Å². The summed E-state index contributed by atoms with van der Waals surface area (Å²) < 4.78 is 4.78. The molecule has 1 heterocycles. The maximum Gasteiger partial charge on any atom is 0.219 e. The van der Waals surface area contributed by atoms with E-state index in [4.69, 9.17) is 10.5 Å². The highest BCUT2D eigenvalue weighted by Gasteiger charge is 2.17. The van der Waals surface area contributed by atoms with Gasteiger partial charge in [-0.2, -0.15) is 0 Å². The number of ether oxygens (including phenoxy) is 1. The monoisotopic (exact) mass is 113 g/mol. The number of rotatable bonds is 0. The molecule has 0 aliphatic carbocycles. The van der Waals surface area contributed by atoms with Gasteiger partial charge in [0.25, 0.3) is 0 Å². The molecule has 44 valence electrons. The molecule has 0 saturated heterocycles. The number of carbonyl (C=O) groups excluding carboxylic acids is 1. The van der Waals surface area contributed by atoms with E-state index >= 15 is 0 Å². The van der Waals surface area contributed by atoms with Gasteiger partial charge < -0.3 is 10.5 Å². The summed E-state index contributed by atoms with van der Waals surface area (Å²) in [6.07, 6.45) is 0. The average molecular weight is 113 g/mol. The lowest BCUT2D eigenvalue weighted by atomic mass is 10.3. The normalized spacial score (nSPS) is 19.4. The molecule has 1 rings (SSSR count). The third kappa shape index (κ3) is 0.559. The first kappa shape index (κ1) is 5.15. The third-order valence-corrected chi connectivity index (χ3v) is 1.10. The number of nitrogens with two attached hydrogens (primary N) is 1. The first-order valence-corrected chi connectivity index (χ1v) is 2.34. The second kappa shape index (κ2) is 1.51. The molecule has 0 fully saturated rings. The van der Waals surface area contributed by atoms with Gasteiger partial charge in [0.15, 0.2) is 6.61 Å². The summed E-state index contributed by atoms with van der Waals surface area (Å²) >= 11 is 0. The minimum atomic E-state index is -0.109. The zero-order chi connectivity index (χ0) is 6.15. The molecule has 8 heavy (non-hydrogen) atoms. The molecule has 1 aliphatic heterocycles. The third-order valence-electron chi connectivity index (χ3n) is 1.10. The molecule has 0 aromatic carbocycles. The smallest absolute Gasteiger partial charge is 0.219 e. The topological polar surface area (TPSA) is 52.3 Å². The molecular weight excluding hydrogens is 106 g/mol. The van der Waals surface area contributed by atoms with Crippen LogP contribution in [0.1, 0.15) is 6.92 Å². The lowest BCUT2D eigenvalue weighted by Gasteiger charge is -1.89. The number of allylic oxidation sites excluding steroid dienone is 1. The van der Waals surface area contributed by atoms with Gasteiger partial charge in [0.1, 0.15) is 11.5 Å². The highest BCUT2D eigenvalue weighted by Crippen LogP contribution is 2.08. The van der Waals surface area contributed by atoms with Crippen molar-refractivity contribution in [3.8, 4) is 0 Å². The first-order chi connectivity index (χ1) is 3.72. The van der Waals surface area contributed by atoms with Crippen molar-refractivity contribution in [1.29, 1.82) is 0 Å². The molecule has 3 heteroatoms. The van der Waals surface area contributed by atoms with Gasteiger partial charge in [0.05, 0.1) is 0 Å². The number of hydrogen-bond acceptors (Lipinski definition) is 3. The summed E-state index contributed by atoms with van der Waals surface area (Å²) in [5.41, 5.74) is 5.50. The average Bonchev–Trinajstić information content (AvgIpc) is 1.98. The molecule has 0 amide bonds. The molecule has 0 aromatic rings. The van der Waals surface area contributed by atoms with Gasteiger partial charge in [-0.05, 0) is 6.92 Å². The Morgan fingerprint density at radius 1 is 1.75 bits per heavy atom. The van der Waals surface area contributed by atoms with Crippen molar-refractivity contribution in [2.24, 2.45) is 5.73 Å². The summed E-state index contributed by atoms with van der Waals surface area (Å²) in [4.78, 5) is 10.5. The minimum absolute atomic E-state index is 0.109. The minimum Gasteiger partial charge on any atom is -0.488 e. The summed E-state index contributed by atoms with van der Waals surface area (Å²) in [6.45, 7) is 1.80. The molecule has 0 unspecified atom stereocenters. The highest BCUT2D eigenvalue weighted by atomic mass is 16.5. The van der Waals surface area contributed by atoms with Crippen LogP contribution in [0, 0.1) is 0 Å². The van der Waals surface area contributed by atoms with Gasteiger partial charge in [-0.1, -0.05) is 0 Å². The Morgan fingerprint density at radius 3 is 2.50 bits per heavy atom. The van der Waals surface area contributed by atoms with E-state index in [0.717, 1.165) is 0 Å². The van der Waals surface area contributed by atoms with Crippen molar-refractivity contribution in [1.82, 2.24) is 0 Å². The lowest BCUT2D eigenvalue weighted by Crippen LogP contribution is -2.08. The fraction of sp³-hybridized carbons (Fsp3) is 0.400. The SMILES string of the molecule is CC1=C(N)C(=O)CO1. The van der Waals surface area contributed by atoms with Gasteiger partial charge in [-0.3, -0.25) is 4.79 Å². The van der Waals surface area contributed by atoms with E-state index < -0.39 is 0 Å². The van der Waals surface area contributed by atoms with Crippen molar-refractivity contribution < 1.29 is 9.53 Å². The Kier molecular flexibility index (Phi) is 0.970. The molecule has 0 bridgehead atoms. The Labute approximate surface area is 47.1 Å². The fourth-order valence-corrected chi connectivity index (χ4v) is 0.526. The number of carbonyl (C=O) groups is 1. The Bertz CT molecular complexity index is 160. The van der Waals surface area contributed by atoms with Gasteiger partial charge in [-0.25, -0.2) is 0 Å². The summed E-state index contributed by atoms with van der Waals surface area (Å²) in [6, 6.07) is 0. The molecule has 1 aliphatic rings. The molecule has 0 spiro atoms. The molecule has 2 N–H and O–H groups in total. The summed E-state index contributed by atoms with van der Waals surface area (Å²) in [5.74, 6) is 0.442. The van der Waals surface area contributed by atoms with Crippen molar-refractivity contribution in [2.75, 3.05) is 6.61 Å². The molecule has 0 radical (unpaired) electrons. The van der Waals surface area contributed by atoms with Crippen LogP contribution in [0.3, 0.4) is 0 Å². The van der Waals surface area contributed by atoms with E-state index in [-0.39, 0.29) is 18.1 Å². The second-order valence-electron chi connectivity index (χ2n) is 1.68. The van der Waals surface area contributed by atoms with Crippen LogP contribution in [-0.4, -0.2) is 12.4 Å². The van der Waals surface area contributed by atoms with E-state index in [1.807, 2.05) is 0 Å². The zero-order valence-electron chi connectivity index (χ0n) is 4.60. The quantitative estimate of drug-likeness (QED) is 0.472. The molecule has 0 saturated carbocycles. The van der Waals surface area contributed by atoms with E-state index in [0.29, 0.717) is 5.76 Å². The highest BCUT2D eigenvalue weighted by molar-refractivity contribution is 5.97. The predicted molar refractivity (Wildman–Crippen MR) is 27.8 cm³/mol. The van der Waals surface area contributed by atoms with Crippen LogP contribution in [0.2, 0.25) is 0 Å². The maximum absolute atomic E-state index is 10.5. The van der Waals surface area contributed by atoms with Crippen LogP contribution in [0.15, 0.2) is 11.5 Å². The van der Waals surface area contributed by atoms with Gasteiger partial charge in [0, 0.05) is 0 Å². The van der Waals surface area contributed by atoms with Gasteiger partial charge in [0.2, 0.25) is 5.78 Å². The summed E-state index contributed by atoms with van der Waals surface area (Å²) in [7, 11) is 0. The van der Waals surface area contributed by atoms with Crippen LogP contribution in [0.5, 0.6) is 0 Å². The van der Waals surface area contributed by atoms with Gasteiger partial charge >= 0.3 is 0 Å². The Morgan fingerprint density at radius 2 is 2.38 bits per heavy atom. The molecule has 0 atom stereocenters. The van der Waals surface area contributed by atoms with E-state index in [1.54, 1.807) is 6.92 Å². The number of ketones is 1.